The molecule has 0 spiro atoms. The van der Waals surface area contributed by atoms with E-state index in [0.717, 1.165) is 0 Å². The molecule has 0 atom stereocenters. The molecule has 66 valence electrons. The second-order valence-corrected chi connectivity index (χ2v) is 4.02. The predicted molar refractivity (Wildman–Crippen MR) is 40.3 cm³/mol. The first-order valence-electron chi connectivity index (χ1n) is 2.14. The minimum Gasteiger partial charge on any atom is -0.166 e. The Bertz CT molecular complexity index is 149. The van der Waals surface area contributed by atoms with E-state index >= 15 is 0 Å². The first-order valence-corrected chi connectivity index (χ1v) is 3.71. The fourth-order valence-corrected chi connectivity index (χ4v) is 1.22. The summed E-state index contributed by atoms with van der Waals surface area (Å²) >= 11 is 19.6. The number of hydrogen-bond donors (Lipinski definition) is 0. The summed E-state index contributed by atoms with van der Waals surface area (Å²) in [7, 11) is 0. The van der Waals surface area contributed by atoms with Crippen LogP contribution in [0.4, 0.5) is 13.2 Å². The number of allylic oxidation sites excluding steroid dienone is 1. The monoisotopic (exact) mass is 246 g/mol. The largest absolute Gasteiger partial charge is 0.417 e. The lowest BCUT2D eigenvalue weighted by atomic mass is 10.3. The van der Waals surface area contributed by atoms with Crippen LogP contribution in [0.3, 0.4) is 0 Å². The van der Waals surface area contributed by atoms with Gasteiger partial charge in [-0.05, 0) is 0 Å². The van der Waals surface area contributed by atoms with Crippen molar-refractivity contribution in [2.75, 3.05) is 0 Å². The summed E-state index contributed by atoms with van der Waals surface area (Å²) in [6.07, 6.45) is -4.72. The van der Waals surface area contributed by atoms with Crippen molar-refractivity contribution in [3.05, 3.63) is 11.1 Å². The first kappa shape index (κ1) is 11.7. The minimum atomic E-state index is -4.72. The molecule has 0 amide bonds. The van der Waals surface area contributed by atoms with Gasteiger partial charge in [0, 0.05) is 5.54 Å². The van der Waals surface area contributed by atoms with Crippen molar-refractivity contribution in [1.29, 1.82) is 0 Å². The molecular formula is C4HCl4F3. The van der Waals surface area contributed by atoms with Gasteiger partial charge < -0.3 is 0 Å². The summed E-state index contributed by atoms with van der Waals surface area (Å²) < 4.78 is 32.9. The van der Waals surface area contributed by atoms with Gasteiger partial charge >= 0.3 is 6.18 Å². The van der Waals surface area contributed by atoms with E-state index in [1.165, 1.54) is 0 Å². The predicted octanol–water partition coefficient (Wildman–Crippen LogP) is 4.04. The summed E-state index contributed by atoms with van der Waals surface area (Å²) in [6, 6.07) is 0. The third kappa shape index (κ3) is 3.74. The molecule has 0 nitrogen and oxygen atoms in total. The molecule has 0 aliphatic heterocycles. The zero-order valence-corrected chi connectivity index (χ0v) is 7.75. The Labute approximate surface area is 80.9 Å². The minimum absolute atomic E-state index is 0.201. The molecule has 0 saturated carbocycles. The van der Waals surface area contributed by atoms with Gasteiger partial charge in [0.2, 0.25) is 3.79 Å². The van der Waals surface area contributed by atoms with Crippen molar-refractivity contribution < 1.29 is 13.2 Å². The normalized spacial score (nSPS) is 15.4. The Morgan fingerprint density at radius 2 is 1.45 bits per heavy atom. The maximum Gasteiger partial charge on any atom is 0.417 e. The Hall–Kier alpha value is 0.690. The third-order valence-electron chi connectivity index (χ3n) is 0.720. The van der Waals surface area contributed by atoms with Crippen LogP contribution in [0.15, 0.2) is 11.1 Å². The van der Waals surface area contributed by atoms with Crippen molar-refractivity contribution in [2.45, 2.75) is 9.97 Å². The lowest BCUT2D eigenvalue weighted by Gasteiger charge is -2.17. The average molecular weight is 248 g/mol. The van der Waals surface area contributed by atoms with Gasteiger partial charge in [-0.3, -0.25) is 0 Å². The van der Waals surface area contributed by atoms with Crippen LogP contribution in [-0.2, 0) is 0 Å². The lowest BCUT2D eigenvalue weighted by Crippen LogP contribution is -2.22. The molecule has 0 N–H and O–H groups in total. The highest BCUT2D eigenvalue weighted by molar-refractivity contribution is 6.69. The van der Waals surface area contributed by atoms with E-state index in [0.29, 0.717) is 0 Å². The quantitative estimate of drug-likeness (QED) is 0.567. The molecule has 0 bridgehead atoms. The Morgan fingerprint density at radius 3 is 1.45 bits per heavy atom. The Morgan fingerprint density at radius 1 is 1.09 bits per heavy atom. The zero-order valence-electron chi connectivity index (χ0n) is 4.72. The molecule has 0 aromatic heterocycles. The van der Waals surface area contributed by atoms with Crippen LogP contribution >= 0.6 is 46.4 Å². The van der Waals surface area contributed by atoms with Crippen molar-refractivity contribution in [1.82, 2.24) is 0 Å². The topological polar surface area (TPSA) is 0 Å². The first-order chi connectivity index (χ1) is 4.69. The van der Waals surface area contributed by atoms with Crippen molar-refractivity contribution in [3.63, 3.8) is 0 Å². The summed E-state index contributed by atoms with van der Waals surface area (Å²) in [5.41, 5.74) is -1.20. The van der Waals surface area contributed by atoms with Crippen LogP contribution in [0.1, 0.15) is 0 Å². The highest BCUT2D eigenvalue weighted by Gasteiger charge is 2.45. The number of hydrogen-bond acceptors (Lipinski definition) is 0. The zero-order chi connectivity index (χ0) is 9.28. The maximum atomic E-state index is 11.8. The van der Waals surface area contributed by atoms with Gasteiger partial charge in [-0.1, -0.05) is 46.4 Å². The molecule has 0 heterocycles. The Kier molecular flexibility index (Phi) is 3.83. The van der Waals surface area contributed by atoms with Crippen LogP contribution in [-0.4, -0.2) is 9.97 Å². The van der Waals surface area contributed by atoms with Crippen LogP contribution in [0.25, 0.3) is 0 Å². The molecule has 0 aliphatic rings. The van der Waals surface area contributed by atoms with Gasteiger partial charge in [0.15, 0.2) is 0 Å². The number of alkyl halides is 6. The molecule has 11 heavy (non-hydrogen) atoms. The molecular weight excluding hydrogens is 247 g/mol. The second-order valence-electron chi connectivity index (χ2n) is 1.52. The summed E-state index contributed by atoms with van der Waals surface area (Å²) in [6.45, 7) is 0. The van der Waals surface area contributed by atoms with Gasteiger partial charge in [0.25, 0.3) is 0 Å². The standard InChI is InChI=1S/C4HCl4F3/c5-1-2(3(6,7)8)4(9,10)11/h1H/b2-1-. The van der Waals surface area contributed by atoms with Crippen LogP contribution in [0.5, 0.6) is 0 Å². The van der Waals surface area contributed by atoms with E-state index in [4.69, 9.17) is 46.4 Å². The number of rotatable bonds is 0. The SMILES string of the molecule is FC(F)(F)/C(=C\Cl)C(Cl)(Cl)Cl. The van der Waals surface area contributed by atoms with Crippen LogP contribution in [0.2, 0.25) is 0 Å². The third-order valence-corrected chi connectivity index (χ3v) is 1.55. The highest BCUT2D eigenvalue weighted by Crippen LogP contribution is 2.43. The van der Waals surface area contributed by atoms with Gasteiger partial charge in [-0.2, -0.15) is 13.2 Å². The fourth-order valence-electron chi connectivity index (χ4n) is 0.284. The molecule has 0 aliphatic carbocycles. The maximum absolute atomic E-state index is 11.8. The molecule has 0 aromatic carbocycles. The highest BCUT2D eigenvalue weighted by atomic mass is 35.6. The van der Waals surface area contributed by atoms with Crippen molar-refractivity contribution in [2.24, 2.45) is 0 Å². The van der Waals surface area contributed by atoms with E-state index in [9.17, 15) is 13.2 Å². The molecule has 0 unspecified atom stereocenters. The molecule has 0 rings (SSSR count). The molecule has 0 aromatic rings. The van der Waals surface area contributed by atoms with Gasteiger partial charge in [0.05, 0.1) is 5.57 Å². The fraction of sp³-hybridized carbons (Fsp3) is 0.500. The summed E-state index contributed by atoms with van der Waals surface area (Å²) in [5.74, 6) is 0. The number of halogens is 7. The van der Waals surface area contributed by atoms with E-state index in [1.807, 2.05) is 0 Å². The van der Waals surface area contributed by atoms with Crippen LogP contribution in [0, 0.1) is 0 Å². The van der Waals surface area contributed by atoms with E-state index in [2.05, 4.69) is 0 Å². The molecule has 0 radical (unpaired) electrons. The van der Waals surface area contributed by atoms with E-state index < -0.39 is 15.5 Å². The van der Waals surface area contributed by atoms with E-state index in [1.54, 1.807) is 0 Å². The molecule has 0 fully saturated rings. The molecule has 7 heteroatoms. The van der Waals surface area contributed by atoms with Gasteiger partial charge in [-0.15, -0.1) is 0 Å². The van der Waals surface area contributed by atoms with Gasteiger partial charge in [0.1, 0.15) is 0 Å². The lowest BCUT2D eigenvalue weighted by molar-refractivity contribution is -0.0925. The smallest absolute Gasteiger partial charge is 0.166 e. The molecule has 0 saturated heterocycles. The summed E-state index contributed by atoms with van der Waals surface area (Å²) in [5, 5.41) is 0. The van der Waals surface area contributed by atoms with E-state index in [-0.39, 0.29) is 5.54 Å². The van der Waals surface area contributed by atoms with Crippen molar-refractivity contribution >= 4 is 46.4 Å². The summed E-state index contributed by atoms with van der Waals surface area (Å²) in [4.78, 5) is 0. The Balaban J connectivity index is 4.74. The van der Waals surface area contributed by atoms with Crippen molar-refractivity contribution in [3.8, 4) is 0 Å². The van der Waals surface area contributed by atoms with Crippen LogP contribution < -0.4 is 0 Å². The van der Waals surface area contributed by atoms with Gasteiger partial charge in [-0.25, -0.2) is 0 Å². The average Bonchev–Trinajstić information content (AvgIpc) is 1.56. The second kappa shape index (κ2) is 3.60.